The third kappa shape index (κ3) is 2.64. The maximum atomic E-state index is 4.14. The summed E-state index contributed by atoms with van der Waals surface area (Å²) in [6.07, 6.45) is 1.80. The molecule has 0 aliphatic heterocycles. The van der Waals surface area contributed by atoms with Crippen LogP contribution in [0.25, 0.3) is 6.08 Å². The zero-order valence-corrected chi connectivity index (χ0v) is 8.88. The fraction of sp³-hybridized carbons (Fsp3) is 0. The average molecular weight is 208 g/mol. The van der Waals surface area contributed by atoms with E-state index in [1.54, 1.807) is 6.08 Å². The molecule has 0 aliphatic carbocycles. The number of hydrogen-bond donors (Lipinski definition) is 0. The molecule has 2 aromatic carbocycles. The Balaban J connectivity index is 2.14. The van der Waals surface area contributed by atoms with Gasteiger partial charge in [-0.3, -0.25) is 0 Å². The third-order valence-corrected chi connectivity index (χ3v) is 2.17. The first-order chi connectivity index (χ1) is 7.88. The Hall–Kier alpha value is -2.22. The molecule has 16 heavy (non-hydrogen) atoms. The van der Waals surface area contributed by atoms with E-state index in [9.17, 15) is 0 Å². The minimum absolute atomic E-state index is 0.842. The van der Waals surface area contributed by atoms with E-state index in [0.717, 1.165) is 16.9 Å². The molecular weight excluding hydrogens is 196 g/mol. The van der Waals surface area contributed by atoms with Gasteiger partial charge in [0, 0.05) is 0 Å². The molecule has 0 aliphatic rings. The van der Waals surface area contributed by atoms with Crippen molar-refractivity contribution in [3.8, 4) is 0 Å². The van der Waals surface area contributed by atoms with Crippen molar-refractivity contribution in [2.24, 2.45) is 10.2 Å². The van der Waals surface area contributed by atoms with Gasteiger partial charge >= 0.3 is 0 Å². The fourth-order valence-corrected chi connectivity index (χ4v) is 1.29. The average Bonchev–Trinajstić information content (AvgIpc) is 2.38. The second-order valence-corrected chi connectivity index (χ2v) is 3.33. The van der Waals surface area contributed by atoms with Gasteiger partial charge in [0.1, 0.15) is 0 Å². The molecule has 0 N–H and O–H groups in total. The molecule has 0 amide bonds. The maximum absolute atomic E-state index is 4.14. The molecule has 0 saturated heterocycles. The summed E-state index contributed by atoms with van der Waals surface area (Å²) in [6, 6.07) is 17.4. The quantitative estimate of drug-likeness (QED) is 0.650. The van der Waals surface area contributed by atoms with Crippen LogP contribution in [0, 0.1) is 0 Å². The Kier molecular flexibility index (Phi) is 3.24. The van der Waals surface area contributed by atoms with E-state index in [-0.39, 0.29) is 0 Å². The molecule has 0 spiro atoms. The van der Waals surface area contributed by atoms with E-state index >= 15 is 0 Å². The van der Waals surface area contributed by atoms with Gasteiger partial charge in [-0.25, -0.2) is 0 Å². The number of benzene rings is 2. The summed E-state index contributed by atoms with van der Waals surface area (Å²) in [5, 5.41) is 8.27. The second kappa shape index (κ2) is 5.03. The van der Waals surface area contributed by atoms with E-state index in [2.05, 4.69) is 16.8 Å². The molecule has 0 heterocycles. The first-order valence-corrected chi connectivity index (χ1v) is 5.08. The molecule has 0 saturated carbocycles. The standard InChI is InChI=1S/C14H12N2/c1-2-12-8-10-14(11-9-12)16-15-13-6-4-3-5-7-13/h2-11H,1H2/b16-15+. The SMILES string of the molecule is C=Cc1ccc(/N=N/c2ccccc2)cc1. The molecule has 0 aromatic heterocycles. The molecule has 2 nitrogen and oxygen atoms in total. The Morgan fingerprint density at radius 3 is 1.88 bits per heavy atom. The van der Waals surface area contributed by atoms with E-state index in [4.69, 9.17) is 0 Å². The molecular formula is C14H12N2. The van der Waals surface area contributed by atoms with Gasteiger partial charge in [-0.2, -0.15) is 10.2 Å². The van der Waals surface area contributed by atoms with Crippen molar-refractivity contribution >= 4 is 17.5 Å². The number of nitrogens with zero attached hydrogens (tertiary/aromatic N) is 2. The lowest BCUT2D eigenvalue weighted by Gasteiger charge is -1.94. The molecule has 2 aromatic rings. The first kappa shape index (κ1) is 10.3. The second-order valence-electron chi connectivity index (χ2n) is 3.33. The molecule has 2 heteroatoms. The van der Waals surface area contributed by atoms with Crippen molar-refractivity contribution in [3.05, 3.63) is 66.7 Å². The van der Waals surface area contributed by atoms with E-state index in [1.807, 2.05) is 54.6 Å². The van der Waals surface area contributed by atoms with Gasteiger partial charge in [-0.05, 0) is 29.8 Å². The third-order valence-electron chi connectivity index (χ3n) is 2.17. The fourth-order valence-electron chi connectivity index (χ4n) is 1.29. The number of hydrogen-bond acceptors (Lipinski definition) is 2. The van der Waals surface area contributed by atoms with Gasteiger partial charge in [0.25, 0.3) is 0 Å². The smallest absolute Gasteiger partial charge is 0.0857 e. The van der Waals surface area contributed by atoms with Crippen LogP contribution in [-0.2, 0) is 0 Å². The Labute approximate surface area is 95.0 Å². The summed E-state index contributed by atoms with van der Waals surface area (Å²) in [7, 11) is 0. The minimum atomic E-state index is 0.842. The highest BCUT2D eigenvalue weighted by atomic mass is 15.1. The largest absolute Gasteiger partial charge is 0.151 e. The van der Waals surface area contributed by atoms with Crippen molar-refractivity contribution in [2.75, 3.05) is 0 Å². The minimum Gasteiger partial charge on any atom is -0.151 e. The topological polar surface area (TPSA) is 24.7 Å². The van der Waals surface area contributed by atoms with Gasteiger partial charge in [0.2, 0.25) is 0 Å². The normalized spacial score (nSPS) is 10.5. The molecule has 0 unspecified atom stereocenters. The highest BCUT2D eigenvalue weighted by molar-refractivity contribution is 5.51. The number of rotatable bonds is 3. The van der Waals surface area contributed by atoms with Gasteiger partial charge in [0.15, 0.2) is 0 Å². The molecule has 0 bridgehead atoms. The monoisotopic (exact) mass is 208 g/mol. The zero-order chi connectivity index (χ0) is 11.2. The van der Waals surface area contributed by atoms with Crippen molar-refractivity contribution in [1.82, 2.24) is 0 Å². The maximum Gasteiger partial charge on any atom is 0.0857 e. The van der Waals surface area contributed by atoms with Gasteiger partial charge < -0.3 is 0 Å². The lowest BCUT2D eigenvalue weighted by molar-refractivity contribution is 1.23. The number of azo groups is 1. The van der Waals surface area contributed by atoms with Gasteiger partial charge in [0.05, 0.1) is 11.4 Å². The Morgan fingerprint density at radius 1 is 0.750 bits per heavy atom. The highest BCUT2D eigenvalue weighted by Crippen LogP contribution is 2.18. The van der Waals surface area contributed by atoms with Crippen molar-refractivity contribution in [1.29, 1.82) is 0 Å². The lowest BCUT2D eigenvalue weighted by Crippen LogP contribution is -1.68. The van der Waals surface area contributed by atoms with Crippen LogP contribution in [0.15, 0.2) is 71.4 Å². The van der Waals surface area contributed by atoms with Crippen LogP contribution in [-0.4, -0.2) is 0 Å². The van der Waals surface area contributed by atoms with Crippen LogP contribution in [0.3, 0.4) is 0 Å². The van der Waals surface area contributed by atoms with Crippen molar-refractivity contribution in [3.63, 3.8) is 0 Å². The molecule has 78 valence electrons. The highest BCUT2D eigenvalue weighted by Gasteiger charge is 1.90. The predicted octanol–water partition coefficient (Wildman–Crippen LogP) is 4.75. The summed E-state index contributed by atoms with van der Waals surface area (Å²) in [5.74, 6) is 0. The van der Waals surface area contributed by atoms with Crippen LogP contribution in [0.1, 0.15) is 5.56 Å². The lowest BCUT2D eigenvalue weighted by atomic mass is 10.2. The first-order valence-electron chi connectivity index (χ1n) is 5.08. The zero-order valence-electron chi connectivity index (χ0n) is 8.88. The van der Waals surface area contributed by atoms with Crippen LogP contribution in [0.5, 0.6) is 0 Å². The van der Waals surface area contributed by atoms with Crippen molar-refractivity contribution < 1.29 is 0 Å². The van der Waals surface area contributed by atoms with Crippen LogP contribution < -0.4 is 0 Å². The summed E-state index contributed by atoms with van der Waals surface area (Å²) in [5.41, 5.74) is 2.78. The summed E-state index contributed by atoms with van der Waals surface area (Å²) < 4.78 is 0. The van der Waals surface area contributed by atoms with E-state index in [1.165, 1.54) is 0 Å². The Bertz CT molecular complexity index is 484. The molecule has 0 radical (unpaired) electrons. The van der Waals surface area contributed by atoms with E-state index < -0.39 is 0 Å². The summed E-state index contributed by atoms with van der Waals surface area (Å²) in [6.45, 7) is 3.70. The van der Waals surface area contributed by atoms with E-state index in [0.29, 0.717) is 0 Å². The van der Waals surface area contributed by atoms with Crippen molar-refractivity contribution in [2.45, 2.75) is 0 Å². The molecule has 0 fully saturated rings. The Morgan fingerprint density at radius 2 is 1.31 bits per heavy atom. The summed E-state index contributed by atoms with van der Waals surface area (Å²) in [4.78, 5) is 0. The summed E-state index contributed by atoms with van der Waals surface area (Å²) >= 11 is 0. The predicted molar refractivity (Wildman–Crippen MR) is 67.2 cm³/mol. The van der Waals surface area contributed by atoms with Crippen LogP contribution in [0.4, 0.5) is 11.4 Å². The van der Waals surface area contributed by atoms with Crippen LogP contribution >= 0.6 is 0 Å². The van der Waals surface area contributed by atoms with Gasteiger partial charge in [-0.1, -0.05) is 43.0 Å². The molecule has 0 atom stereocenters. The van der Waals surface area contributed by atoms with Gasteiger partial charge in [-0.15, -0.1) is 0 Å². The van der Waals surface area contributed by atoms with Crippen LogP contribution in [0.2, 0.25) is 0 Å². The molecule has 2 rings (SSSR count).